The second-order valence-electron chi connectivity index (χ2n) is 4.30. The standard InChI is InChI=1S/C12H16ClNO2/c1-12(2,8-15)14-11(16)10(13)9-6-4-3-5-7-9/h3-7,10,15H,8H2,1-2H3,(H,14,16). The number of benzene rings is 1. The van der Waals surface area contributed by atoms with E-state index in [9.17, 15) is 4.79 Å². The highest BCUT2D eigenvalue weighted by Crippen LogP contribution is 2.20. The second kappa shape index (κ2) is 5.32. The lowest BCUT2D eigenvalue weighted by molar-refractivity contribution is -0.122. The Labute approximate surface area is 100 Å². The highest BCUT2D eigenvalue weighted by Gasteiger charge is 2.24. The van der Waals surface area contributed by atoms with Crippen molar-refractivity contribution in [1.82, 2.24) is 5.32 Å². The summed E-state index contributed by atoms with van der Waals surface area (Å²) in [6.07, 6.45) is 0. The lowest BCUT2D eigenvalue weighted by atomic mass is 10.1. The van der Waals surface area contributed by atoms with Gasteiger partial charge in [-0.1, -0.05) is 30.3 Å². The molecule has 1 aromatic rings. The van der Waals surface area contributed by atoms with E-state index in [1.54, 1.807) is 26.0 Å². The Kier molecular flexibility index (Phi) is 4.33. The Morgan fingerprint density at radius 1 is 1.44 bits per heavy atom. The molecule has 0 spiro atoms. The van der Waals surface area contributed by atoms with Crippen LogP contribution in [0.4, 0.5) is 0 Å². The molecule has 2 N–H and O–H groups in total. The maximum atomic E-state index is 11.8. The van der Waals surface area contributed by atoms with Gasteiger partial charge in [-0.25, -0.2) is 0 Å². The van der Waals surface area contributed by atoms with Crippen LogP contribution in [0, 0.1) is 0 Å². The molecule has 0 aliphatic rings. The molecule has 0 aliphatic carbocycles. The van der Waals surface area contributed by atoms with E-state index in [2.05, 4.69) is 5.32 Å². The first-order chi connectivity index (χ1) is 7.46. The van der Waals surface area contributed by atoms with Gasteiger partial charge in [-0.3, -0.25) is 4.79 Å². The van der Waals surface area contributed by atoms with Gasteiger partial charge in [0.25, 0.3) is 0 Å². The number of halogens is 1. The van der Waals surface area contributed by atoms with Gasteiger partial charge in [-0.15, -0.1) is 11.6 Å². The summed E-state index contributed by atoms with van der Waals surface area (Å²) in [6, 6.07) is 9.11. The van der Waals surface area contributed by atoms with Gasteiger partial charge in [0.2, 0.25) is 5.91 Å². The lowest BCUT2D eigenvalue weighted by Gasteiger charge is -2.25. The van der Waals surface area contributed by atoms with Crippen molar-refractivity contribution in [1.29, 1.82) is 0 Å². The SMILES string of the molecule is CC(C)(CO)NC(=O)C(Cl)c1ccccc1. The number of hydrogen-bond acceptors (Lipinski definition) is 2. The van der Waals surface area contributed by atoms with Crippen molar-refractivity contribution >= 4 is 17.5 Å². The van der Waals surface area contributed by atoms with Crippen molar-refractivity contribution in [3.63, 3.8) is 0 Å². The number of alkyl halides is 1. The second-order valence-corrected chi connectivity index (χ2v) is 4.74. The first-order valence-electron chi connectivity index (χ1n) is 5.08. The molecular formula is C12H16ClNO2. The zero-order valence-electron chi connectivity index (χ0n) is 9.40. The van der Waals surface area contributed by atoms with Crippen LogP contribution in [0.1, 0.15) is 24.8 Å². The van der Waals surface area contributed by atoms with Crippen LogP contribution in [-0.4, -0.2) is 23.2 Å². The Bertz CT molecular complexity index is 351. The van der Waals surface area contributed by atoms with E-state index < -0.39 is 10.9 Å². The van der Waals surface area contributed by atoms with Crippen LogP contribution in [0.3, 0.4) is 0 Å². The minimum Gasteiger partial charge on any atom is -0.394 e. The van der Waals surface area contributed by atoms with Crippen LogP contribution in [0.2, 0.25) is 0 Å². The number of rotatable bonds is 4. The minimum absolute atomic E-state index is 0.128. The largest absolute Gasteiger partial charge is 0.394 e. The van der Waals surface area contributed by atoms with E-state index >= 15 is 0 Å². The highest BCUT2D eigenvalue weighted by atomic mass is 35.5. The third kappa shape index (κ3) is 3.51. The van der Waals surface area contributed by atoms with Gasteiger partial charge in [0.15, 0.2) is 0 Å². The molecule has 0 bridgehead atoms. The van der Waals surface area contributed by atoms with Crippen molar-refractivity contribution in [2.75, 3.05) is 6.61 Å². The molecule has 4 heteroatoms. The number of hydrogen-bond donors (Lipinski definition) is 2. The monoisotopic (exact) mass is 241 g/mol. The van der Waals surface area contributed by atoms with Gasteiger partial charge in [-0.2, -0.15) is 0 Å². The smallest absolute Gasteiger partial charge is 0.243 e. The van der Waals surface area contributed by atoms with Gasteiger partial charge < -0.3 is 10.4 Å². The van der Waals surface area contributed by atoms with E-state index in [1.807, 2.05) is 18.2 Å². The molecule has 1 amide bonds. The molecule has 0 fully saturated rings. The fourth-order valence-corrected chi connectivity index (χ4v) is 1.41. The van der Waals surface area contributed by atoms with E-state index in [4.69, 9.17) is 16.7 Å². The van der Waals surface area contributed by atoms with Crippen LogP contribution >= 0.6 is 11.6 Å². The molecular weight excluding hydrogens is 226 g/mol. The van der Waals surface area contributed by atoms with E-state index in [1.165, 1.54) is 0 Å². The van der Waals surface area contributed by atoms with E-state index in [-0.39, 0.29) is 12.5 Å². The zero-order chi connectivity index (χ0) is 12.2. The van der Waals surface area contributed by atoms with Gasteiger partial charge in [0, 0.05) is 0 Å². The zero-order valence-corrected chi connectivity index (χ0v) is 10.2. The maximum Gasteiger partial charge on any atom is 0.243 e. The van der Waals surface area contributed by atoms with Crippen molar-refractivity contribution < 1.29 is 9.90 Å². The molecule has 0 aliphatic heterocycles. The molecule has 1 unspecified atom stereocenters. The molecule has 1 aromatic carbocycles. The van der Waals surface area contributed by atoms with Crippen molar-refractivity contribution in [3.05, 3.63) is 35.9 Å². The number of aliphatic hydroxyl groups is 1. The molecule has 0 aromatic heterocycles. The molecule has 0 saturated carbocycles. The number of aliphatic hydroxyl groups excluding tert-OH is 1. The van der Waals surface area contributed by atoms with Crippen LogP contribution in [0.15, 0.2) is 30.3 Å². The maximum absolute atomic E-state index is 11.8. The summed E-state index contributed by atoms with van der Waals surface area (Å²) in [5, 5.41) is 11.0. The molecule has 88 valence electrons. The summed E-state index contributed by atoms with van der Waals surface area (Å²) in [5.41, 5.74) is 0.0920. The molecule has 1 atom stereocenters. The topological polar surface area (TPSA) is 49.3 Å². The number of carbonyl (C=O) groups is 1. The lowest BCUT2D eigenvalue weighted by Crippen LogP contribution is -2.47. The highest BCUT2D eigenvalue weighted by molar-refractivity contribution is 6.30. The van der Waals surface area contributed by atoms with Crippen molar-refractivity contribution in [3.8, 4) is 0 Å². The number of nitrogens with one attached hydrogen (secondary N) is 1. The number of amides is 1. The Hall–Kier alpha value is -1.06. The van der Waals surface area contributed by atoms with Crippen LogP contribution in [0.5, 0.6) is 0 Å². The molecule has 0 radical (unpaired) electrons. The summed E-state index contributed by atoms with van der Waals surface area (Å²) < 4.78 is 0. The van der Waals surface area contributed by atoms with Crippen LogP contribution in [0.25, 0.3) is 0 Å². The molecule has 0 heterocycles. The summed E-state index contributed by atoms with van der Waals surface area (Å²) in [7, 11) is 0. The first-order valence-corrected chi connectivity index (χ1v) is 5.52. The Morgan fingerprint density at radius 2 is 2.00 bits per heavy atom. The van der Waals surface area contributed by atoms with Gasteiger partial charge in [0.1, 0.15) is 5.38 Å². The van der Waals surface area contributed by atoms with E-state index in [0.29, 0.717) is 0 Å². The quantitative estimate of drug-likeness (QED) is 0.791. The predicted octanol–water partition coefficient (Wildman–Crippen LogP) is 1.85. The van der Waals surface area contributed by atoms with E-state index in [0.717, 1.165) is 5.56 Å². The molecule has 16 heavy (non-hydrogen) atoms. The summed E-state index contributed by atoms with van der Waals surface area (Å²) in [6.45, 7) is 3.34. The number of carbonyl (C=O) groups excluding carboxylic acids is 1. The average Bonchev–Trinajstić information content (AvgIpc) is 2.28. The Morgan fingerprint density at radius 3 is 2.50 bits per heavy atom. The van der Waals surface area contributed by atoms with Gasteiger partial charge >= 0.3 is 0 Å². The van der Waals surface area contributed by atoms with Crippen LogP contribution < -0.4 is 5.32 Å². The molecule has 0 saturated heterocycles. The summed E-state index contributed by atoms with van der Waals surface area (Å²) in [4.78, 5) is 11.8. The predicted molar refractivity (Wildman–Crippen MR) is 64.3 cm³/mol. The average molecular weight is 242 g/mol. The van der Waals surface area contributed by atoms with Gasteiger partial charge in [0.05, 0.1) is 12.1 Å². The fraction of sp³-hybridized carbons (Fsp3) is 0.417. The summed E-state index contributed by atoms with van der Waals surface area (Å²) >= 11 is 6.03. The first kappa shape index (κ1) is 13.0. The van der Waals surface area contributed by atoms with Gasteiger partial charge in [-0.05, 0) is 19.4 Å². The Balaban J connectivity index is 2.69. The van der Waals surface area contributed by atoms with Crippen molar-refractivity contribution in [2.24, 2.45) is 0 Å². The fourth-order valence-electron chi connectivity index (χ4n) is 1.21. The normalized spacial score (nSPS) is 13.2. The summed E-state index contributed by atoms with van der Waals surface area (Å²) in [5.74, 6) is -0.299. The molecule has 1 rings (SSSR count). The third-order valence-electron chi connectivity index (χ3n) is 2.18. The molecule has 3 nitrogen and oxygen atoms in total. The van der Waals surface area contributed by atoms with Crippen LogP contribution in [-0.2, 0) is 4.79 Å². The minimum atomic E-state index is -0.730. The van der Waals surface area contributed by atoms with Crippen molar-refractivity contribution in [2.45, 2.75) is 24.8 Å². The third-order valence-corrected chi connectivity index (χ3v) is 2.63.